The number of hydrogen-bond acceptors (Lipinski definition) is 7. The Hall–Kier alpha value is -2.68. The topological polar surface area (TPSA) is 84.7 Å². The van der Waals surface area contributed by atoms with Gasteiger partial charge in [0.2, 0.25) is 26.6 Å². The first-order valence-electron chi connectivity index (χ1n) is 9.96. The fourth-order valence-corrected chi connectivity index (χ4v) is 4.58. The lowest BCUT2D eigenvalue weighted by Crippen LogP contribution is -2.39. The second kappa shape index (κ2) is 8.99. The van der Waals surface area contributed by atoms with Crippen molar-refractivity contribution in [3.8, 4) is 11.5 Å². The zero-order valence-corrected chi connectivity index (χ0v) is 17.7. The maximum atomic E-state index is 13.2. The smallest absolute Gasteiger partial charge is 0.233 e. The first-order chi connectivity index (χ1) is 14.5. The van der Waals surface area contributed by atoms with Gasteiger partial charge < -0.3 is 14.5 Å². The highest BCUT2D eigenvalue weighted by Crippen LogP contribution is 2.32. The highest BCUT2D eigenvalue weighted by atomic mass is 32.2. The summed E-state index contributed by atoms with van der Waals surface area (Å²) in [5, 5.41) is 3.06. The van der Waals surface area contributed by atoms with Crippen LogP contribution >= 0.6 is 0 Å². The molecule has 4 rings (SSSR count). The zero-order valence-electron chi connectivity index (χ0n) is 16.9. The van der Waals surface area contributed by atoms with Gasteiger partial charge >= 0.3 is 0 Å². The summed E-state index contributed by atoms with van der Waals surface area (Å²) in [5.41, 5.74) is 1.83. The molecule has 0 amide bonds. The Morgan fingerprint density at radius 1 is 1.03 bits per heavy atom. The molecule has 0 unspecified atom stereocenters. The number of hydrogen-bond donors (Lipinski definition) is 1. The van der Waals surface area contributed by atoms with E-state index in [9.17, 15) is 8.42 Å². The lowest BCUT2D eigenvalue weighted by molar-refractivity contribution is 0.0398. The quantitative estimate of drug-likeness (QED) is 0.620. The lowest BCUT2D eigenvalue weighted by Gasteiger charge is -2.26. The molecule has 8 heteroatoms. The van der Waals surface area contributed by atoms with Gasteiger partial charge in [-0.2, -0.15) is 4.98 Å². The number of nitrogens with zero attached hydrogens (tertiary/aromatic N) is 2. The Bertz CT molecular complexity index is 1070. The van der Waals surface area contributed by atoms with E-state index in [0.29, 0.717) is 19.8 Å². The second-order valence-corrected chi connectivity index (χ2v) is 9.08. The molecule has 0 aliphatic carbocycles. The van der Waals surface area contributed by atoms with Crippen molar-refractivity contribution < 1.29 is 17.6 Å². The van der Waals surface area contributed by atoms with Crippen molar-refractivity contribution >= 4 is 15.7 Å². The lowest BCUT2D eigenvalue weighted by atomic mass is 10.1. The molecule has 0 bridgehead atoms. The third-order valence-corrected chi connectivity index (χ3v) is 6.70. The van der Waals surface area contributed by atoms with E-state index in [-0.39, 0.29) is 21.7 Å². The molecule has 1 N–H and O–H groups in total. The first kappa shape index (κ1) is 20.6. The molecule has 1 saturated heterocycles. The summed E-state index contributed by atoms with van der Waals surface area (Å²) in [4.78, 5) is 6.82. The van der Waals surface area contributed by atoms with Gasteiger partial charge in [-0.1, -0.05) is 35.9 Å². The number of benzene rings is 2. The summed E-state index contributed by atoms with van der Waals surface area (Å²) in [6.45, 7) is 6.45. The molecule has 3 aromatic rings. The van der Waals surface area contributed by atoms with Crippen LogP contribution in [0.5, 0.6) is 0 Å². The number of anilines is 1. The summed E-state index contributed by atoms with van der Waals surface area (Å²) in [6.07, 6.45) is 0. The maximum Gasteiger partial charge on any atom is 0.233 e. The van der Waals surface area contributed by atoms with Crippen LogP contribution in [0.25, 0.3) is 11.5 Å². The summed E-state index contributed by atoms with van der Waals surface area (Å²) in [5.74, 6) is 0.445. The average Bonchev–Trinajstić information content (AvgIpc) is 3.21. The molecule has 7 nitrogen and oxygen atoms in total. The van der Waals surface area contributed by atoms with Crippen LogP contribution in [-0.2, 0) is 14.6 Å². The Morgan fingerprint density at radius 2 is 1.73 bits per heavy atom. The largest absolute Gasteiger partial charge is 0.419 e. The van der Waals surface area contributed by atoms with Gasteiger partial charge in [0.05, 0.1) is 18.1 Å². The third-order valence-electron chi connectivity index (χ3n) is 5.02. The number of oxazole rings is 1. The molecule has 1 aliphatic rings. The van der Waals surface area contributed by atoms with Gasteiger partial charge in [-0.25, -0.2) is 8.42 Å². The van der Waals surface area contributed by atoms with E-state index in [2.05, 4.69) is 15.2 Å². The number of rotatable bonds is 7. The zero-order chi connectivity index (χ0) is 21.0. The van der Waals surface area contributed by atoms with E-state index in [1.807, 2.05) is 31.2 Å². The highest BCUT2D eigenvalue weighted by Gasteiger charge is 2.28. The van der Waals surface area contributed by atoms with Crippen molar-refractivity contribution in [3.63, 3.8) is 0 Å². The second-order valence-electron chi connectivity index (χ2n) is 7.22. The van der Waals surface area contributed by atoms with Gasteiger partial charge in [-0.15, -0.1) is 0 Å². The fraction of sp³-hybridized carbons (Fsp3) is 0.318. The van der Waals surface area contributed by atoms with Gasteiger partial charge in [-0.05, 0) is 31.2 Å². The number of sulfone groups is 1. The molecule has 1 aliphatic heterocycles. The predicted octanol–water partition coefficient (Wildman–Crippen LogP) is 3.23. The van der Waals surface area contributed by atoms with Crippen molar-refractivity contribution in [2.75, 3.05) is 44.7 Å². The van der Waals surface area contributed by atoms with Crippen LogP contribution in [0.3, 0.4) is 0 Å². The van der Waals surface area contributed by atoms with Gasteiger partial charge in [0.15, 0.2) is 0 Å². The molecule has 0 atom stereocenters. The summed E-state index contributed by atoms with van der Waals surface area (Å²) < 4.78 is 37.7. The number of morpholine rings is 1. The number of ether oxygens (including phenoxy) is 1. The maximum absolute atomic E-state index is 13.2. The average molecular weight is 428 g/mol. The van der Waals surface area contributed by atoms with Gasteiger partial charge in [0, 0.05) is 31.7 Å². The van der Waals surface area contributed by atoms with E-state index < -0.39 is 9.84 Å². The Morgan fingerprint density at radius 3 is 2.43 bits per heavy atom. The molecular formula is C22H25N3O4S. The molecule has 30 heavy (non-hydrogen) atoms. The summed E-state index contributed by atoms with van der Waals surface area (Å²) in [6, 6.07) is 15.9. The van der Waals surface area contributed by atoms with Crippen LogP contribution in [-0.4, -0.2) is 57.7 Å². The number of nitrogens with one attached hydrogen (secondary N) is 1. The molecule has 0 spiro atoms. The monoisotopic (exact) mass is 427 g/mol. The van der Waals surface area contributed by atoms with Gasteiger partial charge in [0.1, 0.15) is 0 Å². The Labute approximate surface area is 176 Å². The Kier molecular flexibility index (Phi) is 6.17. The minimum atomic E-state index is -3.82. The van der Waals surface area contributed by atoms with Crippen LogP contribution < -0.4 is 5.32 Å². The fourth-order valence-electron chi connectivity index (χ4n) is 3.28. The van der Waals surface area contributed by atoms with E-state index >= 15 is 0 Å². The molecule has 2 heterocycles. The van der Waals surface area contributed by atoms with Gasteiger partial charge in [-0.3, -0.25) is 4.90 Å². The standard InChI is InChI=1S/C22H25N3O4S/c1-17-7-9-18(10-8-17)20-24-22(30(26,27)19-5-3-2-4-6-19)21(29-20)23-11-12-25-13-15-28-16-14-25/h2-10,23H,11-16H2,1H3. The predicted molar refractivity (Wildman–Crippen MR) is 114 cm³/mol. The minimum Gasteiger partial charge on any atom is -0.419 e. The van der Waals surface area contributed by atoms with Crippen LogP contribution in [0.1, 0.15) is 5.56 Å². The molecule has 1 aromatic heterocycles. The van der Waals surface area contributed by atoms with Crippen molar-refractivity contribution in [3.05, 3.63) is 60.2 Å². The molecule has 0 radical (unpaired) electrons. The van der Waals surface area contributed by atoms with E-state index in [0.717, 1.165) is 30.8 Å². The summed E-state index contributed by atoms with van der Waals surface area (Å²) >= 11 is 0. The molecule has 1 fully saturated rings. The van der Waals surface area contributed by atoms with Crippen molar-refractivity contribution in [1.29, 1.82) is 0 Å². The number of aryl methyl sites for hydroxylation is 1. The van der Waals surface area contributed by atoms with Crippen molar-refractivity contribution in [2.45, 2.75) is 16.8 Å². The van der Waals surface area contributed by atoms with Crippen LogP contribution in [0.2, 0.25) is 0 Å². The van der Waals surface area contributed by atoms with Crippen LogP contribution in [0.15, 0.2) is 68.9 Å². The summed E-state index contributed by atoms with van der Waals surface area (Å²) in [7, 11) is -3.82. The normalized spacial score (nSPS) is 15.2. The van der Waals surface area contributed by atoms with Crippen molar-refractivity contribution in [2.24, 2.45) is 0 Å². The van der Waals surface area contributed by atoms with Crippen molar-refractivity contribution in [1.82, 2.24) is 9.88 Å². The van der Waals surface area contributed by atoms with Crippen LogP contribution in [0.4, 0.5) is 5.88 Å². The van der Waals surface area contributed by atoms with E-state index in [4.69, 9.17) is 9.15 Å². The van der Waals surface area contributed by atoms with Crippen LogP contribution in [0, 0.1) is 6.92 Å². The SMILES string of the molecule is Cc1ccc(-c2nc(S(=O)(=O)c3ccccc3)c(NCCN3CCOCC3)o2)cc1. The number of aromatic nitrogens is 1. The van der Waals surface area contributed by atoms with E-state index in [1.54, 1.807) is 30.3 Å². The molecular weight excluding hydrogens is 402 g/mol. The first-order valence-corrected chi connectivity index (χ1v) is 11.4. The molecule has 0 saturated carbocycles. The van der Waals surface area contributed by atoms with E-state index in [1.165, 1.54) is 0 Å². The molecule has 158 valence electrons. The van der Waals surface area contributed by atoms with Gasteiger partial charge in [0.25, 0.3) is 0 Å². The highest BCUT2D eigenvalue weighted by molar-refractivity contribution is 7.91. The minimum absolute atomic E-state index is 0.0914. The molecule has 2 aromatic carbocycles. The third kappa shape index (κ3) is 4.56. The Balaban J connectivity index is 1.63.